The van der Waals surface area contributed by atoms with Crippen molar-refractivity contribution in [3.05, 3.63) is 64.1 Å². The third-order valence-electron chi connectivity index (χ3n) is 5.71. The Hall–Kier alpha value is -3.57. The average molecular weight is 536 g/mol. The van der Waals surface area contributed by atoms with Gasteiger partial charge in [0.15, 0.2) is 0 Å². The number of thiophene rings is 1. The number of nitrogens with one attached hydrogen (secondary N) is 2. The zero-order valence-electron chi connectivity index (χ0n) is 18.9. The number of hydrogen-bond acceptors (Lipinski definition) is 6. The summed E-state index contributed by atoms with van der Waals surface area (Å²) in [5, 5.41) is 16.1. The van der Waals surface area contributed by atoms with Gasteiger partial charge in [-0.25, -0.2) is 13.6 Å². The van der Waals surface area contributed by atoms with Crippen LogP contribution in [0.5, 0.6) is 0 Å². The molecular formula is C24H20ClF2N3O5S. The van der Waals surface area contributed by atoms with E-state index >= 15 is 0 Å². The molecule has 0 radical (unpaired) electrons. The number of carboxylic acids is 1. The van der Waals surface area contributed by atoms with Gasteiger partial charge in [-0.3, -0.25) is 19.9 Å². The molecule has 0 spiro atoms. The molecule has 3 N–H and O–H groups in total. The highest BCUT2D eigenvalue weighted by molar-refractivity contribution is 7.14. The molecule has 36 heavy (non-hydrogen) atoms. The summed E-state index contributed by atoms with van der Waals surface area (Å²) in [6.45, 7) is 3.27. The minimum Gasteiger partial charge on any atom is -0.481 e. The number of hydrogen-bond donors (Lipinski definition) is 3. The van der Waals surface area contributed by atoms with Crippen molar-refractivity contribution in [3.63, 3.8) is 0 Å². The van der Waals surface area contributed by atoms with Crippen molar-refractivity contribution in [1.29, 1.82) is 0 Å². The number of aliphatic carboxylic acids is 1. The highest BCUT2D eigenvalue weighted by Gasteiger charge is 2.76. The Kier molecular flexibility index (Phi) is 6.96. The number of amides is 2. The third kappa shape index (κ3) is 5.02. The fraction of sp³-hybridized carbons (Fsp3) is 0.250. The first-order valence-corrected chi connectivity index (χ1v) is 12.0. The Morgan fingerprint density at radius 3 is 2.47 bits per heavy atom. The number of halogens is 3. The van der Waals surface area contributed by atoms with E-state index in [1.165, 1.54) is 17.4 Å². The maximum absolute atomic E-state index is 13.7. The van der Waals surface area contributed by atoms with Crippen LogP contribution in [0.25, 0.3) is 10.6 Å². The lowest BCUT2D eigenvalue weighted by molar-refractivity contribution is -0.141. The maximum atomic E-state index is 13.7. The van der Waals surface area contributed by atoms with Crippen molar-refractivity contribution in [2.75, 3.05) is 10.6 Å². The van der Waals surface area contributed by atoms with Crippen LogP contribution in [-0.2, 0) is 14.3 Å². The second-order valence-electron chi connectivity index (χ2n) is 8.14. The molecule has 0 aliphatic heterocycles. The maximum Gasteiger partial charge on any atom is 0.412 e. The summed E-state index contributed by atoms with van der Waals surface area (Å²) in [4.78, 5) is 40.6. The van der Waals surface area contributed by atoms with Crippen LogP contribution in [0.1, 0.15) is 24.3 Å². The summed E-state index contributed by atoms with van der Waals surface area (Å²) in [6, 6.07) is 11.7. The van der Waals surface area contributed by atoms with Crippen molar-refractivity contribution in [3.8, 4) is 10.6 Å². The van der Waals surface area contributed by atoms with E-state index in [2.05, 4.69) is 15.6 Å². The molecule has 1 aliphatic carbocycles. The number of nitrogens with zero attached hydrogens (tertiary/aromatic N) is 1. The number of rotatable bonds is 7. The van der Waals surface area contributed by atoms with E-state index in [-0.39, 0.29) is 5.69 Å². The fourth-order valence-corrected chi connectivity index (χ4v) is 4.87. The highest BCUT2D eigenvalue weighted by atomic mass is 35.5. The lowest BCUT2D eigenvalue weighted by atomic mass is 10.1. The van der Waals surface area contributed by atoms with Crippen LogP contribution in [0.2, 0.25) is 5.02 Å². The molecule has 3 atom stereocenters. The summed E-state index contributed by atoms with van der Waals surface area (Å²) in [7, 11) is 0. The molecule has 2 heterocycles. The normalized spacial score (nSPS) is 18.7. The van der Waals surface area contributed by atoms with Crippen LogP contribution >= 0.6 is 22.9 Å². The molecule has 1 aromatic carbocycles. The Morgan fingerprint density at radius 2 is 1.83 bits per heavy atom. The van der Waals surface area contributed by atoms with Crippen LogP contribution in [0.4, 0.5) is 25.0 Å². The number of carboxylic acid groups (broad SMARTS) is 1. The van der Waals surface area contributed by atoms with Crippen molar-refractivity contribution < 1.29 is 33.0 Å². The number of carbonyl (C=O) groups excluding carboxylic acids is 2. The van der Waals surface area contributed by atoms with Crippen LogP contribution in [0.3, 0.4) is 0 Å². The van der Waals surface area contributed by atoms with Crippen LogP contribution in [0.15, 0.2) is 47.8 Å². The highest BCUT2D eigenvalue weighted by Crippen LogP contribution is 2.55. The van der Waals surface area contributed by atoms with Gasteiger partial charge in [-0.1, -0.05) is 29.8 Å². The number of alkyl halides is 2. The van der Waals surface area contributed by atoms with Gasteiger partial charge in [-0.15, -0.1) is 11.3 Å². The van der Waals surface area contributed by atoms with Crippen molar-refractivity contribution in [2.24, 2.45) is 11.8 Å². The summed E-state index contributed by atoms with van der Waals surface area (Å²) < 4.78 is 32.7. The van der Waals surface area contributed by atoms with Gasteiger partial charge in [0, 0.05) is 10.6 Å². The van der Waals surface area contributed by atoms with Gasteiger partial charge in [-0.2, -0.15) is 0 Å². The van der Waals surface area contributed by atoms with E-state index in [9.17, 15) is 23.2 Å². The summed E-state index contributed by atoms with van der Waals surface area (Å²) in [6.07, 6.45) is -1.29. The van der Waals surface area contributed by atoms with Crippen molar-refractivity contribution >= 4 is 52.3 Å². The standard InChI is InChI=1S/C24H20ClF2N3O5S/c1-11-15(29-21(31)18-19(22(32)33)24(18,26)27)7-8-16(28-11)20-17(9-10-36-20)30-23(34)35-12(2)13-5-3-4-6-14(13)25/h3-10,12,18-19H,1-2H3,(H,29,31)(H,30,34)(H,32,33)/t12-,18?,19?/m1/s1. The molecule has 12 heteroatoms. The first-order valence-electron chi connectivity index (χ1n) is 10.7. The minimum absolute atomic E-state index is 0.176. The van der Waals surface area contributed by atoms with E-state index in [4.69, 9.17) is 21.4 Å². The predicted octanol–water partition coefficient (Wildman–Crippen LogP) is 5.99. The third-order valence-corrected chi connectivity index (χ3v) is 6.99. The zero-order chi connectivity index (χ0) is 26.2. The van der Waals surface area contributed by atoms with E-state index < -0.39 is 41.8 Å². The molecule has 3 aromatic rings. The van der Waals surface area contributed by atoms with Gasteiger partial charge in [0.2, 0.25) is 5.91 Å². The summed E-state index contributed by atoms with van der Waals surface area (Å²) >= 11 is 7.46. The number of carbonyl (C=O) groups is 3. The SMILES string of the molecule is Cc1nc(-c2sccc2NC(=O)O[C@H](C)c2ccccc2Cl)ccc1NC(=O)C1C(C(=O)O)C1(F)F. The quantitative estimate of drug-likeness (QED) is 0.342. The zero-order valence-corrected chi connectivity index (χ0v) is 20.5. The largest absolute Gasteiger partial charge is 0.481 e. The van der Waals surface area contributed by atoms with Crippen LogP contribution < -0.4 is 10.6 Å². The van der Waals surface area contributed by atoms with Crippen molar-refractivity contribution in [1.82, 2.24) is 4.98 Å². The van der Waals surface area contributed by atoms with Gasteiger partial charge >= 0.3 is 12.1 Å². The minimum atomic E-state index is -3.59. The summed E-state index contributed by atoms with van der Waals surface area (Å²) in [5.74, 6) is -10.4. The molecule has 4 rings (SSSR count). The molecule has 2 unspecified atom stereocenters. The van der Waals surface area contributed by atoms with Gasteiger partial charge in [-0.05, 0) is 43.5 Å². The van der Waals surface area contributed by atoms with E-state index in [1.807, 2.05) is 0 Å². The molecular weight excluding hydrogens is 516 g/mol. The molecule has 188 valence electrons. The molecule has 0 saturated heterocycles. The lowest BCUT2D eigenvalue weighted by Crippen LogP contribution is -2.19. The topological polar surface area (TPSA) is 118 Å². The number of benzene rings is 1. The summed E-state index contributed by atoms with van der Waals surface area (Å²) in [5.41, 5.74) is 2.08. The Bertz CT molecular complexity index is 1350. The monoisotopic (exact) mass is 535 g/mol. The number of aromatic nitrogens is 1. The second-order valence-corrected chi connectivity index (χ2v) is 9.47. The van der Waals surface area contributed by atoms with Gasteiger partial charge in [0.25, 0.3) is 5.92 Å². The predicted molar refractivity (Wildman–Crippen MR) is 130 cm³/mol. The molecule has 8 nitrogen and oxygen atoms in total. The Balaban J connectivity index is 1.44. The average Bonchev–Trinajstić information content (AvgIpc) is 3.13. The molecule has 1 aliphatic rings. The molecule has 1 saturated carbocycles. The number of ether oxygens (including phenoxy) is 1. The molecule has 1 fully saturated rings. The first-order chi connectivity index (χ1) is 17.0. The number of pyridine rings is 1. The van der Waals surface area contributed by atoms with Crippen LogP contribution in [0, 0.1) is 18.8 Å². The second kappa shape index (κ2) is 9.82. The van der Waals surface area contributed by atoms with E-state index in [1.54, 1.807) is 55.6 Å². The number of anilines is 2. The van der Waals surface area contributed by atoms with E-state index in [0.717, 1.165) is 0 Å². The first kappa shape index (κ1) is 25.5. The molecule has 0 bridgehead atoms. The van der Waals surface area contributed by atoms with Gasteiger partial charge in [0.1, 0.15) is 17.9 Å². The smallest absolute Gasteiger partial charge is 0.412 e. The fourth-order valence-electron chi connectivity index (χ4n) is 3.76. The molecule has 2 amide bonds. The van der Waals surface area contributed by atoms with Crippen LogP contribution in [-0.4, -0.2) is 34.0 Å². The van der Waals surface area contributed by atoms with Gasteiger partial charge < -0.3 is 15.2 Å². The van der Waals surface area contributed by atoms with Gasteiger partial charge in [0.05, 0.1) is 27.6 Å². The van der Waals surface area contributed by atoms with Crippen molar-refractivity contribution in [2.45, 2.75) is 25.9 Å². The Labute approximate surface area is 213 Å². The lowest BCUT2D eigenvalue weighted by Gasteiger charge is -2.15. The molecule has 2 aromatic heterocycles. The Morgan fingerprint density at radius 1 is 1.11 bits per heavy atom. The van der Waals surface area contributed by atoms with E-state index in [0.29, 0.717) is 32.5 Å². The number of aryl methyl sites for hydroxylation is 1.